The maximum Gasteiger partial charge on any atom is 0.355 e. The van der Waals surface area contributed by atoms with E-state index in [0.29, 0.717) is 17.9 Å². The SMILES string of the molecule is Cc1c(C(=O)OC(C)(C)C)[nH]c(/C(=C2\CC(C)(C)C(=O)O2)c2ccccc2)c1C. The molecular formula is C24H29NO4. The highest BCUT2D eigenvalue weighted by molar-refractivity contribution is 5.93. The van der Waals surface area contributed by atoms with E-state index in [1.54, 1.807) is 0 Å². The molecule has 1 fully saturated rings. The van der Waals surface area contributed by atoms with E-state index in [-0.39, 0.29) is 5.97 Å². The summed E-state index contributed by atoms with van der Waals surface area (Å²) in [5.74, 6) is -0.0222. The van der Waals surface area contributed by atoms with Gasteiger partial charge in [0.1, 0.15) is 17.1 Å². The van der Waals surface area contributed by atoms with E-state index in [4.69, 9.17) is 9.47 Å². The first-order chi connectivity index (χ1) is 13.4. The number of hydrogen-bond acceptors (Lipinski definition) is 4. The minimum atomic E-state index is -0.589. The number of aromatic amines is 1. The van der Waals surface area contributed by atoms with Crippen molar-refractivity contribution >= 4 is 17.5 Å². The molecule has 0 bridgehead atoms. The maximum atomic E-state index is 12.7. The first kappa shape index (κ1) is 20.9. The Labute approximate surface area is 172 Å². The topological polar surface area (TPSA) is 68.4 Å². The number of allylic oxidation sites excluding steroid dienone is 1. The largest absolute Gasteiger partial charge is 0.455 e. The zero-order valence-electron chi connectivity index (χ0n) is 18.2. The Bertz CT molecular complexity index is 988. The average molecular weight is 395 g/mol. The maximum absolute atomic E-state index is 12.7. The quantitative estimate of drug-likeness (QED) is 0.714. The van der Waals surface area contributed by atoms with Crippen LogP contribution in [0.3, 0.4) is 0 Å². The van der Waals surface area contributed by atoms with E-state index in [1.807, 2.05) is 78.8 Å². The van der Waals surface area contributed by atoms with E-state index in [2.05, 4.69) is 4.98 Å². The number of carbonyl (C=O) groups excluding carboxylic acids is 2. The molecule has 0 amide bonds. The second kappa shape index (κ2) is 7.21. The van der Waals surface area contributed by atoms with E-state index in [1.165, 1.54) is 0 Å². The van der Waals surface area contributed by atoms with E-state index < -0.39 is 17.0 Å². The Balaban J connectivity index is 2.18. The van der Waals surface area contributed by atoms with Gasteiger partial charge in [0, 0.05) is 12.0 Å². The first-order valence-corrected chi connectivity index (χ1v) is 9.84. The fourth-order valence-electron chi connectivity index (χ4n) is 3.42. The lowest BCUT2D eigenvalue weighted by Gasteiger charge is -2.19. The van der Waals surface area contributed by atoms with Crippen molar-refractivity contribution in [2.24, 2.45) is 5.41 Å². The summed E-state index contributed by atoms with van der Waals surface area (Å²) in [4.78, 5) is 28.3. The summed E-state index contributed by atoms with van der Waals surface area (Å²) < 4.78 is 11.3. The van der Waals surface area contributed by atoms with Crippen molar-refractivity contribution in [3.05, 3.63) is 64.2 Å². The molecule has 0 spiro atoms. The van der Waals surface area contributed by atoms with Crippen molar-refractivity contribution in [2.75, 3.05) is 0 Å². The minimum absolute atomic E-state index is 0.241. The average Bonchev–Trinajstić information content (AvgIpc) is 3.05. The second-order valence-corrected chi connectivity index (χ2v) is 9.24. The predicted molar refractivity (Wildman–Crippen MR) is 112 cm³/mol. The Morgan fingerprint density at radius 3 is 2.17 bits per heavy atom. The molecule has 1 aliphatic heterocycles. The lowest BCUT2D eigenvalue weighted by molar-refractivity contribution is -0.142. The zero-order chi connectivity index (χ0) is 21.6. The number of esters is 2. The van der Waals surface area contributed by atoms with Crippen LogP contribution in [0.5, 0.6) is 0 Å². The Kier molecular flexibility index (Phi) is 5.20. The van der Waals surface area contributed by atoms with Gasteiger partial charge in [-0.3, -0.25) is 4.79 Å². The third-order valence-electron chi connectivity index (χ3n) is 5.13. The van der Waals surface area contributed by atoms with Crippen LogP contribution in [0.25, 0.3) is 5.57 Å². The lowest BCUT2D eigenvalue weighted by Crippen LogP contribution is -2.24. The van der Waals surface area contributed by atoms with Crippen LogP contribution in [0.4, 0.5) is 0 Å². The van der Waals surface area contributed by atoms with Gasteiger partial charge in [-0.15, -0.1) is 0 Å². The van der Waals surface area contributed by atoms with Crippen molar-refractivity contribution in [1.82, 2.24) is 4.98 Å². The number of rotatable bonds is 3. The summed E-state index contributed by atoms with van der Waals surface area (Å²) in [5.41, 5.74) is 3.51. The molecular weight excluding hydrogens is 366 g/mol. The lowest BCUT2D eigenvalue weighted by atomic mass is 9.88. The van der Waals surface area contributed by atoms with Gasteiger partial charge >= 0.3 is 11.9 Å². The van der Waals surface area contributed by atoms with Crippen molar-refractivity contribution in [3.63, 3.8) is 0 Å². The molecule has 0 saturated carbocycles. The molecule has 0 unspecified atom stereocenters. The molecule has 5 heteroatoms. The number of hydrogen-bond donors (Lipinski definition) is 1. The second-order valence-electron chi connectivity index (χ2n) is 9.24. The molecule has 5 nitrogen and oxygen atoms in total. The van der Waals surface area contributed by atoms with E-state index in [9.17, 15) is 9.59 Å². The summed E-state index contributed by atoms with van der Waals surface area (Å²) >= 11 is 0. The highest BCUT2D eigenvalue weighted by Crippen LogP contribution is 2.42. The Hall–Kier alpha value is -2.82. The third kappa shape index (κ3) is 4.14. The summed E-state index contributed by atoms with van der Waals surface area (Å²) in [5, 5.41) is 0. The summed E-state index contributed by atoms with van der Waals surface area (Å²) in [6.45, 7) is 13.1. The van der Waals surface area contributed by atoms with Gasteiger partial charge in [0.2, 0.25) is 0 Å². The summed E-state index contributed by atoms with van der Waals surface area (Å²) in [6, 6.07) is 9.78. The Morgan fingerprint density at radius 1 is 1.07 bits per heavy atom. The molecule has 154 valence electrons. The zero-order valence-corrected chi connectivity index (χ0v) is 18.2. The van der Waals surface area contributed by atoms with Crippen LogP contribution in [-0.4, -0.2) is 22.5 Å². The molecule has 3 rings (SSSR count). The molecule has 29 heavy (non-hydrogen) atoms. The fraction of sp³-hybridized carbons (Fsp3) is 0.417. The molecule has 0 atom stereocenters. The first-order valence-electron chi connectivity index (χ1n) is 9.84. The van der Waals surface area contributed by atoms with E-state index in [0.717, 1.165) is 28.0 Å². The summed E-state index contributed by atoms with van der Waals surface area (Å²) in [6.07, 6.45) is 0.495. The number of carbonyl (C=O) groups is 2. The van der Waals surface area contributed by atoms with Crippen LogP contribution >= 0.6 is 0 Å². The predicted octanol–water partition coefficient (Wildman–Crippen LogP) is 5.32. The molecule has 1 aliphatic rings. The van der Waals surface area contributed by atoms with Gasteiger partial charge in [-0.1, -0.05) is 30.3 Å². The van der Waals surface area contributed by atoms with E-state index >= 15 is 0 Å². The van der Waals surface area contributed by atoms with Gasteiger partial charge < -0.3 is 14.5 Å². The number of benzene rings is 1. The molecule has 1 N–H and O–H groups in total. The van der Waals surface area contributed by atoms with Crippen molar-refractivity contribution in [3.8, 4) is 0 Å². The van der Waals surface area contributed by atoms with Crippen molar-refractivity contribution in [2.45, 2.75) is 60.5 Å². The molecule has 1 aromatic heterocycles. The molecule has 2 heterocycles. The van der Waals surface area contributed by atoms with Gasteiger partial charge in [0.15, 0.2) is 0 Å². The van der Waals surface area contributed by atoms with Gasteiger partial charge in [0.05, 0.1) is 11.1 Å². The number of cyclic esters (lactones) is 1. The number of aromatic nitrogens is 1. The molecule has 1 aromatic carbocycles. The number of nitrogens with one attached hydrogen (secondary N) is 1. The van der Waals surface area contributed by atoms with Crippen molar-refractivity contribution < 1.29 is 19.1 Å². The van der Waals surface area contributed by atoms with Gasteiger partial charge in [-0.05, 0) is 65.2 Å². The fourth-order valence-corrected chi connectivity index (χ4v) is 3.42. The van der Waals surface area contributed by atoms with Gasteiger partial charge in [-0.25, -0.2) is 4.79 Å². The van der Waals surface area contributed by atoms with Crippen LogP contribution in [0.15, 0.2) is 36.1 Å². The van der Waals surface area contributed by atoms with Crippen LogP contribution in [0.1, 0.15) is 73.9 Å². The third-order valence-corrected chi connectivity index (χ3v) is 5.13. The minimum Gasteiger partial charge on any atom is -0.455 e. The van der Waals surface area contributed by atoms with Gasteiger partial charge in [0.25, 0.3) is 0 Å². The van der Waals surface area contributed by atoms with Crippen LogP contribution in [0, 0.1) is 19.3 Å². The molecule has 1 saturated heterocycles. The van der Waals surface area contributed by atoms with Crippen LogP contribution in [-0.2, 0) is 14.3 Å². The number of H-pyrrole nitrogens is 1. The molecule has 0 radical (unpaired) electrons. The number of ether oxygens (including phenoxy) is 2. The highest BCUT2D eigenvalue weighted by Gasteiger charge is 2.41. The Morgan fingerprint density at radius 2 is 1.66 bits per heavy atom. The molecule has 2 aromatic rings. The molecule has 0 aliphatic carbocycles. The van der Waals surface area contributed by atoms with Crippen LogP contribution in [0.2, 0.25) is 0 Å². The monoisotopic (exact) mass is 395 g/mol. The van der Waals surface area contributed by atoms with Crippen LogP contribution < -0.4 is 0 Å². The summed E-state index contributed by atoms with van der Waals surface area (Å²) in [7, 11) is 0. The smallest absolute Gasteiger partial charge is 0.355 e. The van der Waals surface area contributed by atoms with Crippen molar-refractivity contribution in [1.29, 1.82) is 0 Å². The standard InChI is InChI=1S/C24H29NO4/c1-14-15(2)20(21(26)29-23(3,4)5)25-19(14)18(16-11-9-8-10-12-16)17-13-24(6,7)22(27)28-17/h8-12,25H,13H2,1-7H3/b18-17+. The normalized spacial score (nSPS) is 17.8. The highest BCUT2D eigenvalue weighted by atomic mass is 16.6. The van der Waals surface area contributed by atoms with Gasteiger partial charge in [-0.2, -0.15) is 0 Å².